The van der Waals surface area contributed by atoms with E-state index in [9.17, 15) is 19.5 Å². The molecule has 0 fully saturated rings. The van der Waals surface area contributed by atoms with Crippen LogP contribution in [0.25, 0.3) is 27.4 Å². The highest BCUT2D eigenvalue weighted by Crippen LogP contribution is 2.28. The van der Waals surface area contributed by atoms with Crippen LogP contribution >= 0.6 is 0 Å². The molecular formula is C33H24N4O4. The number of fused-ring (bicyclic) bond motifs is 2. The molecule has 8 heteroatoms. The van der Waals surface area contributed by atoms with Gasteiger partial charge >= 0.3 is 5.97 Å². The van der Waals surface area contributed by atoms with Crippen molar-refractivity contribution < 1.29 is 19.5 Å². The van der Waals surface area contributed by atoms with Crippen LogP contribution in [0.3, 0.4) is 0 Å². The van der Waals surface area contributed by atoms with Gasteiger partial charge in [0, 0.05) is 35.1 Å². The van der Waals surface area contributed by atoms with Gasteiger partial charge in [0.2, 0.25) is 0 Å². The van der Waals surface area contributed by atoms with Gasteiger partial charge in [0.15, 0.2) is 5.78 Å². The summed E-state index contributed by atoms with van der Waals surface area (Å²) in [7, 11) is 0. The molecule has 0 aliphatic rings. The van der Waals surface area contributed by atoms with Crippen molar-refractivity contribution in [1.82, 2.24) is 19.9 Å². The lowest BCUT2D eigenvalue weighted by atomic mass is 9.98. The van der Waals surface area contributed by atoms with Crippen LogP contribution in [0.5, 0.6) is 0 Å². The van der Waals surface area contributed by atoms with Crippen molar-refractivity contribution in [2.24, 2.45) is 0 Å². The van der Waals surface area contributed by atoms with Crippen molar-refractivity contribution in [3.63, 3.8) is 0 Å². The van der Waals surface area contributed by atoms with Crippen molar-refractivity contribution in [3.05, 3.63) is 138 Å². The van der Waals surface area contributed by atoms with Gasteiger partial charge in [0.25, 0.3) is 5.91 Å². The Morgan fingerprint density at radius 2 is 1.56 bits per heavy atom. The molecule has 2 N–H and O–H groups in total. The highest BCUT2D eigenvalue weighted by Gasteiger charge is 2.23. The number of nitrogens with zero attached hydrogens (tertiary/aromatic N) is 3. The number of carboxylic acids is 1. The van der Waals surface area contributed by atoms with E-state index in [0.717, 1.165) is 27.5 Å². The summed E-state index contributed by atoms with van der Waals surface area (Å²) in [5.74, 6) is -1.67. The fourth-order valence-electron chi connectivity index (χ4n) is 4.90. The zero-order chi connectivity index (χ0) is 28.5. The number of ketones is 1. The predicted molar refractivity (Wildman–Crippen MR) is 155 cm³/mol. The Morgan fingerprint density at radius 3 is 2.32 bits per heavy atom. The number of rotatable bonds is 7. The Bertz CT molecular complexity index is 1950. The van der Waals surface area contributed by atoms with Crippen LogP contribution in [0, 0.1) is 0 Å². The summed E-state index contributed by atoms with van der Waals surface area (Å²) in [6.45, 7) is 1.82. The molecule has 1 amide bonds. The summed E-state index contributed by atoms with van der Waals surface area (Å²) >= 11 is 0. The molecule has 6 aromatic rings. The Kier molecular flexibility index (Phi) is 6.57. The van der Waals surface area contributed by atoms with Gasteiger partial charge in [-0.3, -0.25) is 14.6 Å². The highest BCUT2D eigenvalue weighted by atomic mass is 16.4. The van der Waals surface area contributed by atoms with Gasteiger partial charge in [-0.1, -0.05) is 54.6 Å². The van der Waals surface area contributed by atoms with Crippen molar-refractivity contribution in [2.75, 3.05) is 0 Å². The third-order valence-electron chi connectivity index (χ3n) is 7.12. The first-order chi connectivity index (χ1) is 19.9. The molecule has 3 aromatic carbocycles. The number of benzene rings is 3. The van der Waals surface area contributed by atoms with Crippen LogP contribution in [0.4, 0.5) is 0 Å². The molecule has 0 aliphatic carbocycles. The second-order valence-electron chi connectivity index (χ2n) is 9.75. The minimum absolute atomic E-state index is 0.163. The maximum absolute atomic E-state index is 13.8. The van der Waals surface area contributed by atoms with Crippen LogP contribution < -0.4 is 5.32 Å². The number of nitrogens with one attached hydrogen (secondary N) is 1. The number of carboxylic acid groups (broad SMARTS) is 1. The normalized spacial score (nSPS) is 11.8. The number of hydrogen-bond acceptors (Lipinski definition) is 5. The van der Waals surface area contributed by atoms with Gasteiger partial charge in [-0.05, 0) is 53.8 Å². The molecule has 0 bridgehead atoms. The predicted octanol–water partition coefficient (Wildman–Crippen LogP) is 5.97. The lowest BCUT2D eigenvalue weighted by Crippen LogP contribution is -2.27. The van der Waals surface area contributed by atoms with Gasteiger partial charge < -0.3 is 10.4 Å². The first kappa shape index (κ1) is 25.6. The molecule has 0 radical (unpaired) electrons. The number of amides is 1. The zero-order valence-corrected chi connectivity index (χ0v) is 22.0. The van der Waals surface area contributed by atoms with Gasteiger partial charge in [-0.15, -0.1) is 0 Å². The van der Waals surface area contributed by atoms with Gasteiger partial charge in [-0.25, -0.2) is 9.31 Å². The Hall–Kier alpha value is -5.63. The summed E-state index contributed by atoms with van der Waals surface area (Å²) in [6, 6.07) is 24.6. The quantitative estimate of drug-likeness (QED) is 0.241. The van der Waals surface area contributed by atoms with E-state index in [1.165, 1.54) is 18.3 Å². The lowest BCUT2D eigenvalue weighted by Gasteiger charge is -2.16. The molecule has 0 saturated heterocycles. The molecule has 3 aromatic heterocycles. The molecule has 0 saturated carbocycles. The smallest absolute Gasteiger partial charge is 0.335 e. The van der Waals surface area contributed by atoms with E-state index < -0.39 is 12.0 Å². The molecule has 3 heterocycles. The van der Waals surface area contributed by atoms with E-state index in [1.54, 1.807) is 53.4 Å². The second kappa shape index (κ2) is 10.5. The molecule has 41 heavy (non-hydrogen) atoms. The van der Waals surface area contributed by atoms with E-state index in [2.05, 4.69) is 15.4 Å². The number of pyridine rings is 2. The zero-order valence-electron chi connectivity index (χ0n) is 22.0. The van der Waals surface area contributed by atoms with Crippen LogP contribution in [0.2, 0.25) is 0 Å². The minimum atomic E-state index is -1.02. The van der Waals surface area contributed by atoms with Gasteiger partial charge in [0.05, 0.1) is 34.4 Å². The van der Waals surface area contributed by atoms with Crippen molar-refractivity contribution in [3.8, 4) is 11.1 Å². The molecule has 0 aliphatic heterocycles. The fraction of sp³-hybridized carbons (Fsp3) is 0.0606. The lowest BCUT2D eigenvalue weighted by molar-refractivity contribution is 0.0696. The van der Waals surface area contributed by atoms with Crippen LogP contribution in [0.15, 0.2) is 110 Å². The van der Waals surface area contributed by atoms with Crippen molar-refractivity contribution in [1.29, 1.82) is 0 Å². The summed E-state index contributed by atoms with van der Waals surface area (Å²) < 4.78 is 1.57. The Balaban J connectivity index is 1.42. The summed E-state index contributed by atoms with van der Waals surface area (Å²) in [6.07, 6.45) is 6.70. The Morgan fingerprint density at radius 1 is 0.805 bits per heavy atom. The maximum atomic E-state index is 13.8. The van der Waals surface area contributed by atoms with Crippen LogP contribution in [-0.2, 0) is 0 Å². The monoisotopic (exact) mass is 540 g/mol. The van der Waals surface area contributed by atoms with E-state index in [4.69, 9.17) is 0 Å². The highest BCUT2D eigenvalue weighted by molar-refractivity contribution is 6.17. The molecule has 8 nitrogen and oxygen atoms in total. The largest absolute Gasteiger partial charge is 0.478 e. The van der Waals surface area contributed by atoms with Crippen LogP contribution in [0.1, 0.15) is 55.2 Å². The fourth-order valence-corrected chi connectivity index (χ4v) is 4.90. The standard InChI is InChI=1S/C33H24N4O4/c1-20(21-7-10-24(11-8-21)33(40)41)36-32(39)28-16-27(22-5-3-2-4-6-22)19-37-30(28)29(18-35-37)31(38)25-12-9-23-13-14-34-17-26(23)15-25/h2-20H,1H3,(H,36,39)(H,40,41)/t20-/m0/s1. The van der Waals surface area contributed by atoms with Crippen LogP contribution in [-0.4, -0.2) is 37.4 Å². The summed E-state index contributed by atoms with van der Waals surface area (Å²) in [5, 5.41) is 18.5. The van der Waals surface area contributed by atoms with Crippen molar-refractivity contribution >= 4 is 33.9 Å². The third-order valence-corrected chi connectivity index (χ3v) is 7.12. The number of hydrogen-bond donors (Lipinski definition) is 2. The number of carbonyl (C=O) groups excluding carboxylic acids is 2. The van der Waals surface area contributed by atoms with Gasteiger partial charge in [-0.2, -0.15) is 5.10 Å². The summed E-state index contributed by atoms with van der Waals surface area (Å²) in [5.41, 5.74) is 4.02. The molecular weight excluding hydrogens is 516 g/mol. The number of aromatic carboxylic acids is 1. The molecule has 1 atom stereocenters. The number of carbonyl (C=O) groups is 3. The third kappa shape index (κ3) is 4.94. The molecule has 0 spiro atoms. The van der Waals surface area contributed by atoms with Gasteiger partial charge in [0.1, 0.15) is 0 Å². The van der Waals surface area contributed by atoms with Crippen molar-refractivity contribution in [2.45, 2.75) is 13.0 Å². The first-order valence-electron chi connectivity index (χ1n) is 13.0. The van der Waals surface area contributed by atoms with E-state index >= 15 is 0 Å². The van der Waals surface area contributed by atoms with E-state index in [0.29, 0.717) is 22.2 Å². The van der Waals surface area contributed by atoms with E-state index in [-0.39, 0.29) is 17.3 Å². The second-order valence-corrected chi connectivity index (χ2v) is 9.75. The first-order valence-corrected chi connectivity index (χ1v) is 13.0. The SMILES string of the molecule is C[C@H](NC(=O)c1cc(-c2ccccc2)cn2ncc(C(=O)c3ccc4ccncc4c3)c12)c1ccc(C(=O)O)cc1. The average molecular weight is 541 g/mol. The Labute approximate surface area is 234 Å². The topological polar surface area (TPSA) is 114 Å². The maximum Gasteiger partial charge on any atom is 0.335 e. The molecule has 6 rings (SSSR count). The minimum Gasteiger partial charge on any atom is -0.478 e. The van der Waals surface area contributed by atoms with E-state index in [1.807, 2.05) is 49.4 Å². The molecule has 200 valence electrons. The molecule has 0 unspecified atom stereocenters. The average Bonchev–Trinajstić information content (AvgIpc) is 3.44. The number of aromatic nitrogens is 3. The summed E-state index contributed by atoms with van der Waals surface area (Å²) in [4.78, 5) is 43.0.